The lowest BCUT2D eigenvalue weighted by Crippen LogP contribution is -2.28. The largest absolute Gasteiger partial charge is 0.303 e. The van der Waals surface area contributed by atoms with Crippen LogP contribution in [0.2, 0.25) is 0 Å². The standard InChI is InChI=1S/C26H21N3O2/c1-2-28-24(27-22-14-8-7-13-20(22)25(28)30)21-16-19-12-6-9-15-23(19)29(26(21)31)17-18-10-4-3-5-11-18/h3-16H,2,17H2,1H3. The van der Waals surface area contributed by atoms with Gasteiger partial charge in [0.25, 0.3) is 11.1 Å². The fraction of sp³-hybridized carbons (Fsp3) is 0.115. The van der Waals surface area contributed by atoms with Gasteiger partial charge in [0.1, 0.15) is 5.82 Å². The third-order valence-electron chi connectivity index (χ3n) is 5.61. The fourth-order valence-corrected chi connectivity index (χ4v) is 4.08. The first-order valence-corrected chi connectivity index (χ1v) is 10.3. The summed E-state index contributed by atoms with van der Waals surface area (Å²) in [6.45, 7) is 2.76. The van der Waals surface area contributed by atoms with E-state index < -0.39 is 0 Å². The summed E-state index contributed by atoms with van der Waals surface area (Å²) in [6.07, 6.45) is 0. The van der Waals surface area contributed by atoms with Crippen LogP contribution >= 0.6 is 0 Å². The summed E-state index contributed by atoms with van der Waals surface area (Å²) in [5, 5.41) is 1.48. The third-order valence-corrected chi connectivity index (χ3v) is 5.61. The first-order chi connectivity index (χ1) is 15.2. The average Bonchev–Trinajstić information content (AvgIpc) is 2.81. The number of hydrogen-bond acceptors (Lipinski definition) is 3. The van der Waals surface area contributed by atoms with Crippen molar-refractivity contribution in [2.45, 2.75) is 20.0 Å². The molecule has 5 nitrogen and oxygen atoms in total. The van der Waals surface area contributed by atoms with Gasteiger partial charge in [-0.2, -0.15) is 0 Å². The molecule has 31 heavy (non-hydrogen) atoms. The van der Waals surface area contributed by atoms with Crippen molar-refractivity contribution in [3.05, 3.63) is 111 Å². The zero-order valence-electron chi connectivity index (χ0n) is 17.2. The Hall–Kier alpha value is -3.99. The summed E-state index contributed by atoms with van der Waals surface area (Å²) in [5.41, 5.74) is 2.61. The zero-order valence-corrected chi connectivity index (χ0v) is 17.2. The van der Waals surface area contributed by atoms with Gasteiger partial charge in [-0.15, -0.1) is 0 Å². The minimum absolute atomic E-state index is 0.134. The van der Waals surface area contributed by atoms with Crippen molar-refractivity contribution in [2.24, 2.45) is 0 Å². The second-order valence-corrected chi connectivity index (χ2v) is 7.50. The molecular weight excluding hydrogens is 386 g/mol. The van der Waals surface area contributed by atoms with Crippen molar-refractivity contribution in [3.63, 3.8) is 0 Å². The van der Waals surface area contributed by atoms with Gasteiger partial charge in [0, 0.05) is 6.54 Å². The van der Waals surface area contributed by atoms with Crippen LogP contribution in [0.15, 0.2) is 94.5 Å². The average molecular weight is 407 g/mol. The molecule has 0 spiro atoms. The maximum Gasteiger partial charge on any atom is 0.262 e. The molecule has 0 fully saturated rings. The van der Waals surface area contributed by atoms with E-state index >= 15 is 0 Å². The van der Waals surface area contributed by atoms with Gasteiger partial charge in [-0.3, -0.25) is 14.2 Å². The number of nitrogens with zero attached hydrogens (tertiary/aromatic N) is 3. The van der Waals surface area contributed by atoms with Gasteiger partial charge in [0.15, 0.2) is 0 Å². The number of para-hydroxylation sites is 2. The SMILES string of the molecule is CCn1c(-c2cc3ccccc3n(Cc3ccccc3)c2=O)nc2ccccc2c1=O. The molecule has 2 aromatic heterocycles. The van der Waals surface area contributed by atoms with Gasteiger partial charge in [0.05, 0.1) is 28.5 Å². The van der Waals surface area contributed by atoms with E-state index in [1.807, 2.05) is 85.8 Å². The third kappa shape index (κ3) is 3.24. The Morgan fingerprint density at radius 1 is 0.774 bits per heavy atom. The molecule has 0 bridgehead atoms. The number of rotatable bonds is 4. The van der Waals surface area contributed by atoms with Crippen LogP contribution < -0.4 is 11.1 Å². The Morgan fingerprint density at radius 3 is 2.29 bits per heavy atom. The Kier molecular flexibility index (Phi) is 4.71. The molecule has 0 saturated heterocycles. The summed E-state index contributed by atoms with van der Waals surface area (Å²) in [4.78, 5) is 31.6. The minimum Gasteiger partial charge on any atom is -0.303 e. The van der Waals surface area contributed by atoms with Gasteiger partial charge in [-0.1, -0.05) is 60.7 Å². The van der Waals surface area contributed by atoms with Crippen LogP contribution in [0, 0.1) is 0 Å². The van der Waals surface area contributed by atoms with Gasteiger partial charge in [0.2, 0.25) is 0 Å². The van der Waals surface area contributed by atoms with Crippen molar-refractivity contribution in [1.29, 1.82) is 0 Å². The molecule has 5 rings (SSSR count). The molecule has 0 radical (unpaired) electrons. The van der Waals surface area contributed by atoms with E-state index in [1.165, 1.54) is 0 Å². The second kappa shape index (κ2) is 7.69. The van der Waals surface area contributed by atoms with Crippen molar-refractivity contribution >= 4 is 21.8 Å². The maximum absolute atomic E-state index is 13.7. The number of hydrogen-bond donors (Lipinski definition) is 0. The summed E-state index contributed by atoms with van der Waals surface area (Å²) < 4.78 is 3.35. The molecule has 5 heteroatoms. The van der Waals surface area contributed by atoms with Crippen molar-refractivity contribution in [3.8, 4) is 11.4 Å². The van der Waals surface area contributed by atoms with E-state index in [0.29, 0.717) is 35.4 Å². The summed E-state index contributed by atoms with van der Waals surface area (Å²) in [5.74, 6) is 0.406. The predicted octanol–water partition coefficient (Wildman–Crippen LogP) is 4.45. The highest BCUT2D eigenvalue weighted by Crippen LogP contribution is 2.22. The molecule has 0 aliphatic carbocycles. The molecule has 0 aliphatic heterocycles. The van der Waals surface area contributed by atoms with E-state index in [2.05, 4.69) is 0 Å². The minimum atomic E-state index is -0.160. The molecule has 0 aliphatic rings. The van der Waals surface area contributed by atoms with E-state index in [-0.39, 0.29) is 11.1 Å². The number of fused-ring (bicyclic) bond motifs is 2. The Labute approximate surface area is 178 Å². The topological polar surface area (TPSA) is 56.9 Å². The first-order valence-electron chi connectivity index (χ1n) is 10.3. The highest BCUT2D eigenvalue weighted by molar-refractivity contribution is 5.85. The van der Waals surface area contributed by atoms with E-state index in [4.69, 9.17) is 4.98 Å². The lowest BCUT2D eigenvalue weighted by atomic mass is 10.1. The van der Waals surface area contributed by atoms with Gasteiger partial charge >= 0.3 is 0 Å². The van der Waals surface area contributed by atoms with Crippen molar-refractivity contribution < 1.29 is 0 Å². The monoisotopic (exact) mass is 407 g/mol. The molecule has 0 atom stereocenters. The van der Waals surface area contributed by atoms with E-state index in [9.17, 15) is 9.59 Å². The van der Waals surface area contributed by atoms with Crippen LogP contribution in [0.5, 0.6) is 0 Å². The number of benzene rings is 3. The van der Waals surface area contributed by atoms with Crippen LogP contribution in [-0.4, -0.2) is 14.1 Å². The first kappa shape index (κ1) is 19.0. The van der Waals surface area contributed by atoms with Crippen LogP contribution in [0.1, 0.15) is 12.5 Å². The normalized spacial score (nSPS) is 11.3. The zero-order chi connectivity index (χ0) is 21.4. The van der Waals surface area contributed by atoms with E-state index in [1.54, 1.807) is 15.2 Å². The van der Waals surface area contributed by atoms with Crippen molar-refractivity contribution in [1.82, 2.24) is 14.1 Å². The summed E-state index contributed by atoms with van der Waals surface area (Å²) in [6, 6.07) is 26.8. The highest BCUT2D eigenvalue weighted by atomic mass is 16.1. The summed E-state index contributed by atoms with van der Waals surface area (Å²) >= 11 is 0. The molecule has 3 aromatic carbocycles. The van der Waals surface area contributed by atoms with Crippen LogP contribution in [-0.2, 0) is 13.1 Å². The lowest BCUT2D eigenvalue weighted by molar-refractivity contribution is 0.722. The molecule has 5 aromatic rings. The van der Waals surface area contributed by atoms with E-state index in [0.717, 1.165) is 16.5 Å². The van der Waals surface area contributed by atoms with Gasteiger partial charge in [-0.05, 0) is 42.1 Å². The second-order valence-electron chi connectivity index (χ2n) is 7.50. The predicted molar refractivity (Wildman–Crippen MR) is 124 cm³/mol. The van der Waals surface area contributed by atoms with Gasteiger partial charge in [-0.25, -0.2) is 4.98 Å². The quantitative estimate of drug-likeness (QED) is 0.442. The molecule has 2 heterocycles. The maximum atomic E-state index is 13.7. The molecule has 0 N–H and O–H groups in total. The molecule has 0 saturated carbocycles. The van der Waals surface area contributed by atoms with Crippen LogP contribution in [0.3, 0.4) is 0 Å². The van der Waals surface area contributed by atoms with Gasteiger partial charge < -0.3 is 4.57 Å². The molecular formula is C26H21N3O2. The smallest absolute Gasteiger partial charge is 0.262 e. The summed E-state index contributed by atoms with van der Waals surface area (Å²) in [7, 11) is 0. The molecule has 0 unspecified atom stereocenters. The van der Waals surface area contributed by atoms with Crippen molar-refractivity contribution in [2.75, 3.05) is 0 Å². The Balaban J connectivity index is 1.83. The molecule has 152 valence electrons. The van der Waals surface area contributed by atoms with Crippen LogP contribution in [0.25, 0.3) is 33.2 Å². The Morgan fingerprint density at radius 2 is 1.48 bits per heavy atom. The Bertz CT molecular complexity index is 1530. The fourth-order valence-electron chi connectivity index (χ4n) is 4.08. The lowest BCUT2D eigenvalue weighted by Gasteiger charge is -2.16. The highest BCUT2D eigenvalue weighted by Gasteiger charge is 2.17. The molecule has 0 amide bonds. The van der Waals surface area contributed by atoms with Crippen LogP contribution in [0.4, 0.5) is 0 Å². The number of aromatic nitrogens is 3. The number of pyridine rings is 1.